The number of pyridine rings is 4. The number of imidazole rings is 2. The van der Waals surface area contributed by atoms with E-state index in [0.717, 1.165) is 115 Å². The highest BCUT2D eigenvalue weighted by atomic mass is 32.1. The molecule has 0 atom stereocenters. The van der Waals surface area contributed by atoms with E-state index in [1.165, 1.54) is 36.5 Å². The molecule has 0 amide bonds. The number of para-hydroxylation sites is 1. The fourth-order valence-electron chi connectivity index (χ4n) is 12.6. The van der Waals surface area contributed by atoms with Gasteiger partial charge in [-0.3, -0.25) is 4.40 Å². The average molecular weight is 1100 g/mol. The molecule has 16 aromatic heterocycles. The molecular weight excluding hydrogens is 1060 g/mol. The van der Waals surface area contributed by atoms with Gasteiger partial charge in [0.15, 0.2) is 47.0 Å². The van der Waals surface area contributed by atoms with Crippen molar-refractivity contribution in [3.8, 4) is 51.0 Å². The molecule has 20 heteroatoms. The Bertz CT molecular complexity index is 5490. The van der Waals surface area contributed by atoms with E-state index in [0.29, 0.717) is 17.9 Å². The number of aromatic nitrogens is 18. The van der Waals surface area contributed by atoms with Crippen LogP contribution in [0.1, 0.15) is 26.4 Å². The van der Waals surface area contributed by atoms with E-state index in [2.05, 4.69) is 122 Å². The minimum Gasteiger partial charge on any atom is -0.395 e. The maximum Gasteiger partial charge on any atom is 0.401 e. The molecule has 4 aliphatic rings. The van der Waals surface area contributed by atoms with Gasteiger partial charge in [-0.15, -0.1) is 4.57 Å². The molecule has 21 rings (SSSR count). The van der Waals surface area contributed by atoms with Crippen LogP contribution in [-0.4, -0.2) is 66.8 Å². The van der Waals surface area contributed by atoms with Crippen LogP contribution in [0.15, 0.2) is 207 Å². The summed E-state index contributed by atoms with van der Waals surface area (Å²) in [6.45, 7) is 0.839. The third-order valence-electron chi connectivity index (χ3n) is 16.1. The van der Waals surface area contributed by atoms with Crippen molar-refractivity contribution in [2.75, 3.05) is 0 Å². The minimum atomic E-state index is -2.30. The van der Waals surface area contributed by atoms with Crippen LogP contribution in [0.2, 0.25) is 0 Å². The van der Waals surface area contributed by atoms with Gasteiger partial charge in [0.05, 0.1) is 40.8 Å². The molecular formula is C63H44N18OS+4. The molecule has 4 aliphatic heterocycles. The number of aryl methyl sites for hydroxylation is 1. The monoisotopic (exact) mass is 1100 g/mol. The topological polar surface area (TPSA) is 159 Å². The molecule has 0 unspecified atom stereocenters. The highest BCUT2D eigenvalue weighted by Crippen LogP contribution is 2.38. The van der Waals surface area contributed by atoms with Crippen molar-refractivity contribution in [1.29, 1.82) is 0 Å². The summed E-state index contributed by atoms with van der Waals surface area (Å²) in [6.07, 6.45) is 28.6. The standard InChI is InChI=1S/C20H14N5.C15H12N5.C14H9N4O.C14H9N4S/c1-2-7-15(8-3-1)25-16-13-23-11-5-10-22-19(23)18(16)24-12-14-6-4-9-21-17(14)20(24)25;1-18-14-11-5-3-7-17-20(11)9-12(14)19-8-10-4-2-6-16-13(10)15(18)19;2*1-3-9-7-18-12-10(19-14(18)11(9)15-4-1)8-17-6-2-5-16-13(12)17/h1-11,13H,12H2;2-7,9H,8H2,1H3;2*1-6,8H,7H2/q4*+1/i;1D3;;. The lowest BCUT2D eigenvalue weighted by atomic mass is 10.2. The minimum absolute atomic E-state index is 0.620. The summed E-state index contributed by atoms with van der Waals surface area (Å²) in [5.74, 6) is 2.59. The Labute approximate surface area is 477 Å². The van der Waals surface area contributed by atoms with Gasteiger partial charge < -0.3 is 13.2 Å². The quantitative estimate of drug-likeness (QED) is 0.147. The first kappa shape index (κ1) is 42.8. The van der Waals surface area contributed by atoms with Crippen molar-refractivity contribution in [3.05, 3.63) is 224 Å². The number of hydrogen-bond donors (Lipinski definition) is 0. The summed E-state index contributed by atoms with van der Waals surface area (Å²) >= 11 is 1.79. The maximum atomic E-state index is 8.02. The van der Waals surface area contributed by atoms with Gasteiger partial charge in [-0.1, -0.05) is 41.7 Å². The smallest absolute Gasteiger partial charge is 0.395 e. The van der Waals surface area contributed by atoms with Gasteiger partial charge in [-0.25, -0.2) is 53.1 Å². The molecule has 0 bridgehead atoms. The Balaban J connectivity index is 0.0000000871. The summed E-state index contributed by atoms with van der Waals surface area (Å²) in [6, 6.07) is 36.2. The normalized spacial score (nSPS) is 13.6. The Hall–Kier alpha value is -11.1. The number of thiazole rings is 1. The largest absolute Gasteiger partial charge is 0.401 e. The predicted molar refractivity (Wildman–Crippen MR) is 309 cm³/mol. The Kier molecular flexibility index (Phi) is 8.99. The van der Waals surface area contributed by atoms with Crippen LogP contribution >= 0.6 is 11.3 Å². The SMILES string of the molecule is [2H]C([2H])([2H])[n+]1c2n(c3cn4ncccc4c31)Cc1cccnc1-2.c1ccc(-n2c3[n+](c4c2cn2cccnc42)Cc2cccnc2-3)cc1.c1cnc2c(c1)C[n+]1c-2oc2cn3cccnc3c21.c1cnc2c(c1)C[n+]1c-2sc2cn3cccnc3c21. The second-order valence-electron chi connectivity index (χ2n) is 20.7. The van der Waals surface area contributed by atoms with Crippen molar-refractivity contribution in [3.63, 3.8) is 0 Å². The summed E-state index contributed by atoms with van der Waals surface area (Å²) in [5, 5.41) is 5.52. The molecule has 0 saturated carbocycles. The third kappa shape index (κ3) is 6.65. The van der Waals surface area contributed by atoms with E-state index in [1.54, 1.807) is 40.6 Å². The number of benzene rings is 1. The molecule has 17 aromatic rings. The van der Waals surface area contributed by atoms with Crippen LogP contribution in [0, 0.1) is 0 Å². The maximum absolute atomic E-state index is 8.02. The van der Waals surface area contributed by atoms with Gasteiger partial charge in [0, 0.05) is 85.5 Å². The number of oxazole rings is 1. The van der Waals surface area contributed by atoms with E-state index in [4.69, 9.17) is 8.53 Å². The molecule has 0 saturated heterocycles. The lowest BCUT2D eigenvalue weighted by Crippen LogP contribution is -2.31. The first-order chi connectivity index (χ1) is 42.3. The lowest BCUT2D eigenvalue weighted by molar-refractivity contribution is -0.648. The highest BCUT2D eigenvalue weighted by Gasteiger charge is 2.40. The zero-order valence-electron chi connectivity index (χ0n) is 46.7. The van der Waals surface area contributed by atoms with Crippen LogP contribution in [0.25, 0.3) is 117 Å². The predicted octanol–water partition coefficient (Wildman–Crippen LogP) is 8.58. The van der Waals surface area contributed by atoms with Crippen molar-refractivity contribution < 1.29 is 26.8 Å². The molecule has 0 aliphatic carbocycles. The van der Waals surface area contributed by atoms with Gasteiger partial charge in [-0.2, -0.15) is 14.2 Å². The van der Waals surface area contributed by atoms with E-state index in [-0.39, 0.29) is 0 Å². The summed E-state index contributed by atoms with van der Waals surface area (Å²) in [5.41, 5.74) is 20.4. The summed E-state index contributed by atoms with van der Waals surface area (Å²) in [7, 11) is 0. The van der Waals surface area contributed by atoms with E-state index in [9.17, 15) is 0 Å². The lowest BCUT2D eigenvalue weighted by Gasteiger charge is -2.00. The Morgan fingerprint density at radius 2 is 1.08 bits per heavy atom. The van der Waals surface area contributed by atoms with Gasteiger partial charge in [-0.05, 0) is 78.9 Å². The zero-order valence-corrected chi connectivity index (χ0v) is 44.6. The van der Waals surface area contributed by atoms with Gasteiger partial charge in [0.25, 0.3) is 16.0 Å². The van der Waals surface area contributed by atoms with Crippen molar-refractivity contribution in [2.45, 2.75) is 26.2 Å². The number of hydrogen-bond acceptors (Lipinski definition) is 10. The first-order valence-corrected chi connectivity index (χ1v) is 27.8. The fraction of sp³-hybridized carbons (Fsp3) is 0.0794. The van der Waals surface area contributed by atoms with Crippen molar-refractivity contribution in [2.24, 2.45) is 6.98 Å². The summed E-state index contributed by atoms with van der Waals surface area (Å²) in [4.78, 5) is 31.6. The second-order valence-corrected chi connectivity index (χ2v) is 21.7. The molecule has 83 heavy (non-hydrogen) atoms. The highest BCUT2D eigenvalue weighted by molar-refractivity contribution is 7.21. The van der Waals surface area contributed by atoms with Crippen LogP contribution in [0.3, 0.4) is 0 Å². The van der Waals surface area contributed by atoms with Gasteiger partial charge in [0.2, 0.25) is 33.4 Å². The molecule has 0 radical (unpaired) electrons. The van der Waals surface area contributed by atoms with E-state index < -0.39 is 6.98 Å². The molecule has 394 valence electrons. The van der Waals surface area contributed by atoms with E-state index >= 15 is 0 Å². The first-order valence-electron chi connectivity index (χ1n) is 28.5. The van der Waals surface area contributed by atoms with Crippen LogP contribution in [-0.2, 0) is 33.2 Å². The second kappa shape index (κ2) is 17.4. The molecule has 20 heterocycles. The van der Waals surface area contributed by atoms with Crippen molar-refractivity contribution >= 4 is 77.2 Å². The van der Waals surface area contributed by atoms with Crippen LogP contribution < -0.4 is 18.3 Å². The van der Waals surface area contributed by atoms with Crippen molar-refractivity contribution in [1.82, 2.24) is 66.8 Å². The molecule has 0 spiro atoms. The molecule has 0 N–H and O–H groups in total. The van der Waals surface area contributed by atoms with Gasteiger partial charge in [0.1, 0.15) is 29.0 Å². The fourth-order valence-corrected chi connectivity index (χ4v) is 13.8. The van der Waals surface area contributed by atoms with Crippen LogP contribution in [0.5, 0.6) is 0 Å². The van der Waals surface area contributed by atoms with Crippen LogP contribution in [0.4, 0.5) is 0 Å². The average Bonchev–Trinajstić information content (AvgIpc) is 1.64. The molecule has 0 fully saturated rings. The zero-order chi connectivity index (χ0) is 56.9. The number of fused-ring (bicyclic) bond motifs is 28. The number of nitrogens with zero attached hydrogens (tertiary/aromatic N) is 18. The third-order valence-corrected chi connectivity index (χ3v) is 17.2. The molecule has 19 nitrogen and oxygen atoms in total. The van der Waals surface area contributed by atoms with E-state index in [1.807, 2.05) is 131 Å². The number of rotatable bonds is 1. The Morgan fingerprint density at radius 1 is 0.482 bits per heavy atom. The molecule has 1 aromatic carbocycles. The summed E-state index contributed by atoms with van der Waals surface area (Å²) < 4.78 is 51.7. The van der Waals surface area contributed by atoms with Gasteiger partial charge >= 0.3 is 17.5 Å². The Morgan fingerprint density at radius 3 is 1.84 bits per heavy atom.